The Morgan fingerprint density at radius 3 is 1.67 bits per heavy atom. The SMILES string of the molecule is CCCCc1nc(Cl)c(CO)n1Cc1ccc(-c2ccccc2-c2nnn(Cc3c(Cl)nc(CCCC)n3Cc3ccc(-c4ccccc4-c4nnn[n-]4)cc3)n2)cc1.[K+]. The summed E-state index contributed by atoms with van der Waals surface area (Å²) >= 11 is 13.3. The first-order valence-electron chi connectivity index (χ1n) is 19.9. The maximum atomic E-state index is 10.0. The maximum Gasteiger partial charge on any atom is 1.00 e. The Bertz CT molecular complexity index is 2640. The first-order valence-corrected chi connectivity index (χ1v) is 20.6. The molecule has 16 heteroatoms. The van der Waals surface area contributed by atoms with E-state index in [1.165, 1.54) is 0 Å². The predicted molar refractivity (Wildman–Crippen MR) is 228 cm³/mol. The van der Waals surface area contributed by atoms with Crippen LogP contribution < -0.4 is 56.5 Å². The van der Waals surface area contributed by atoms with Crippen LogP contribution in [-0.2, 0) is 39.1 Å². The molecule has 300 valence electrons. The first-order chi connectivity index (χ1) is 28.9. The van der Waals surface area contributed by atoms with Crippen LogP contribution in [0.5, 0.6) is 0 Å². The van der Waals surface area contributed by atoms with Crippen LogP contribution in [0.15, 0.2) is 97.1 Å². The number of unbranched alkanes of at least 4 members (excludes halogenated alkanes) is 2. The summed E-state index contributed by atoms with van der Waals surface area (Å²) in [4.78, 5) is 10.9. The van der Waals surface area contributed by atoms with Gasteiger partial charge < -0.3 is 19.3 Å². The minimum absolute atomic E-state index is 0. The van der Waals surface area contributed by atoms with E-state index >= 15 is 0 Å². The molecule has 1 N–H and O–H groups in total. The van der Waals surface area contributed by atoms with E-state index in [1.54, 1.807) is 4.80 Å². The average molecular weight is 866 g/mol. The third kappa shape index (κ3) is 9.71. The van der Waals surface area contributed by atoms with Crippen molar-refractivity contribution in [3.63, 3.8) is 0 Å². The van der Waals surface area contributed by atoms with Crippen molar-refractivity contribution in [2.45, 2.75) is 78.6 Å². The molecule has 0 atom stereocenters. The number of imidazole rings is 2. The number of nitrogens with zero attached hydrogens (tertiary/aromatic N) is 12. The minimum atomic E-state index is -0.167. The van der Waals surface area contributed by atoms with Crippen molar-refractivity contribution >= 4 is 23.2 Å². The van der Waals surface area contributed by atoms with Gasteiger partial charge >= 0.3 is 51.4 Å². The molecule has 8 rings (SSSR count). The molecule has 4 heterocycles. The van der Waals surface area contributed by atoms with Crippen molar-refractivity contribution in [3.8, 4) is 45.0 Å². The van der Waals surface area contributed by atoms with E-state index in [-0.39, 0.29) is 58.0 Å². The maximum absolute atomic E-state index is 10.0. The van der Waals surface area contributed by atoms with E-state index in [1.807, 2.05) is 47.0 Å². The smallest absolute Gasteiger partial charge is 0.390 e. The molecule has 0 aliphatic carbocycles. The van der Waals surface area contributed by atoms with Crippen LogP contribution in [0.25, 0.3) is 45.0 Å². The van der Waals surface area contributed by atoms with Crippen molar-refractivity contribution in [2.75, 3.05) is 0 Å². The molecule has 0 saturated carbocycles. The number of hydrogen-bond acceptors (Lipinski definition) is 9. The summed E-state index contributed by atoms with van der Waals surface area (Å²) in [6.07, 6.45) is 5.67. The normalized spacial score (nSPS) is 11.3. The van der Waals surface area contributed by atoms with Crippen molar-refractivity contribution in [1.29, 1.82) is 0 Å². The number of aliphatic hydroxyl groups is 1. The van der Waals surface area contributed by atoms with Crippen LogP contribution in [0.2, 0.25) is 10.3 Å². The molecule has 4 aromatic carbocycles. The molecule has 0 saturated heterocycles. The topological polar surface area (TPSA) is 152 Å². The van der Waals surface area contributed by atoms with Crippen LogP contribution in [0, 0.1) is 0 Å². The molecule has 0 unspecified atom stereocenters. The monoisotopic (exact) mass is 864 g/mol. The number of halogens is 2. The van der Waals surface area contributed by atoms with E-state index in [4.69, 9.17) is 33.3 Å². The van der Waals surface area contributed by atoms with Gasteiger partial charge in [0.1, 0.15) is 18.2 Å². The summed E-state index contributed by atoms with van der Waals surface area (Å²) in [6.45, 7) is 5.58. The van der Waals surface area contributed by atoms with E-state index in [2.05, 4.69) is 109 Å². The van der Waals surface area contributed by atoms with Crippen molar-refractivity contribution < 1.29 is 56.5 Å². The van der Waals surface area contributed by atoms with Crippen molar-refractivity contribution in [2.24, 2.45) is 0 Å². The van der Waals surface area contributed by atoms with Gasteiger partial charge in [0.25, 0.3) is 0 Å². The summed E-state index contributed by atoms with van der Waals surface area (Å²) in [5, 5.41) is 40.1. The Morgan fingerprint density at radius 2 is 1.13 bits per heavy atom. The number of aliphatic hydroxyl groups excluding tert-OH is 1. The van der Waals surface area contributed by atoms with Crippen molar-refractivity contribution in [1.82, 2.24) is 59.9 Å². The van der Waals surface area contributed by atoms with E-state index in [0.29, 0.717) is 47.3 Å². The quantitative estimate of drug-likeness (QED) is 0.116. The molecule has 8 aromatic rings. The summed E-state index contributed by atoms with van der Waals surface area (Å²) in [5.41, 5.74) is 9.39. The molecule has 0 bridgehead atoms. The Morgan fingerprint density at radius 1 is 0.617 bits per heavy atom. The van der Waals surface area contributed by atoms with Crippen LogP contribution in [0.1, 0.15) is 73.7 Å². The Balaban J connectivity index is 0.00000544. The van der Waals surface area contributed by atoms with Gasteiger partial charge in [0.15, 0.2) is 10.3 Å². The fourth-order valence-corrected chi connectivity index (χ4v) is 7.86. The third-order valence-electron chi connectivity index (χ3n) is 10.5. The number of aryl methyl sites for hydroxylation is 2. The molecular formula is C44H43Cl2KN12O. The van der Waals surface area contributed by atoms with Gasteiger partial charge in [-0.2, -0.15) is 10.0 Å². The fourth-order valence-electron chi connectivity index (χ4n) is 7.35. The molecular weight excluding hydrogens is 823 g/mol. The van der Waals surface area contributed by atoms with Crippen LogP contribution >= 0.6 is 23.2 Å². The average Bonchev–Trinajstić information content (AvgIpc) is 4.08. The van der Waals surface area contributed by atoms with Crippen molar-refractivity contribution in [3.05, 3.63) is 142 Å². The van der Waals surface area contributed by atoms with Gasteiger partial charge in [0, 0.05) is 37.3 Å². The largest absolute Gasteiger partial charge is 1.00 e. The second-order valence-corrected chi connectivity index (χ2v) is 15.1. The summed E-state index contributed by atoms with van der Waals surface area (Å²) in [7, 11) is 0. The zero-order valence-electron chi connectivity index (χ0n) is 33.9. The predicted octanol–water partition coefficient (Wildman–Crippen LogP) is 5.51. The number of hydrogen-bond donors (Lipinski definition) is 1. The van der Waals surface area contributed by atoms with Gasteiger partial charge in [-0.25, -0.2) is 9.97 Å². The zero-order chi connectivity index (χ0) is 40.7. The van der Waals surface area contributed by atoms with E-state index in [9.17, 15) is 5.11 Å². The Labute approximate surface area is 401 Å². The standard InChI is InChI=1S/C44H43Cl2N12O.K/c1-3-5-15-39-47-41(45)37(56(39)25-29-17-21-31(22-18-29)33-11-7-9-13-35(33)43-49-53-54-50-43)27-58-52-44(51-55-58)36-14-10-8-12-34(36)32-23-19-30(20-24-32)26-57-38(28-59)42(46)48-40(57)16-6-4-2;/h7-14,17-24,59H,3-6,15-16,25-28H2,1-2H3;/q-1;+1. The van der Waals surface area contributed by atoms with Gasteiger partial charge in [0.2, 0.25) is 5.82 Å². The number of tetrazole rings is 2. The number of benzene rings is 4. The van der Waals surface area contributed by atoms with Gasteiger partial charge in [-0.05, 0) is 57.0 Å². The summed E-state index contributed by atoms with van der Waals surface area (Å²) in [5.74, 6) is 2.81. The van der Waals surface area contributed by atoms with Crippen LogP contribution in [0.4, 0.5) is 0 Å². The Kier molecular flexibility index (Phi) is 14.9. The summed E-state index contributed by atoms with van der Waals surface area (Å²) in [6, 6.07) is 32.8. The minimum Gasteiger partial charge on any atom is -0.390 e. The second-order valence-electron chi connectivity index (χ2n) is 14.4. The molecule has 13 nitrogen and oxygen atoms in total. The third-order valence-corrected chi connectivity index (χ3v) is 11.1. The summed E-state index contributed by atoms with van der Waals surface area (Å²) < 4.78 is 4.21. The van der Waals surface area contributed by atoms with Gasteiger partial charge in [0.05, 0.1) is 18.0 Å². The van der Waals surface area contributed by atoms with Crippen LogP contribution in [-0.4, -0.2) is 59.9 Å². The zero-order valence-corrected chi connectivity index (χ0v) is 38.5. The molecule has 0 aliphatic heterocycles. The van der Waals surface area contributed by atoms with Gasteiger partial charge in [-0.1, -0.05) is 147 Å². The van der Waals surface area contributed by atoms with Gasteiger partial charge in [-0.3, -0.25) is 10.3 Å². The first kappa shape index (κ1) is 43.7. The van der Waals surface area contributed by atoms with E-state index in [0.717, 1.165) is 100 Å². The molecule has 0 radical (unpaired) electrons. The number of aromatic nitrogens is 12. The fraction of sp³-hybridized carbons (Fsp3) is 0.273. The van der Waals surface area contributed by atoms with E-state index < -0.39 is 0 Å². The Hall–Kier alpha value is -4.38. The molecule has 60 heavy (non-hydrogen) atoms. The second kappa shape index (κ2) is 20.5. The molecule has 0 spiro atoms. The molecule has 0 amide bonds. The molecule has 0 aliphatic rings. The molecule has 4 aromatic heterocycles. The molecule has 0 fully saturated rings. The van der Waals surface area contributed by atoms with Gasteiger partial charge in [-0.15, -0.1) is 10.2 Å². The number of rotatable bonds is 17. The van der Waals surface area contributed by atoms with Crippen LogP contribution in [0.3, 0.4) is 0 Å².